The summed E-state index contributed by atoms with van der Waals surface area (Å²) in [6.45, 7) is 5.12. The van der Waals surface area contributed by atoms with Gasteiger partial charge in [0.15, 0.2) is 0 Å². The number of carbonyl (C=O) groups excluding carboxylic acids is 1. The van der Waals surface area contributed by atoms with Gasteiger partial charge in [-0.15, -0.1) is 0 Å². The predicted molar refractivity (Wildman–Crippen MR) is 102 cm³/mol. The highest BCUT2D eigenvalue weighted by Crippen LogP contribution is 2.31. The summed E-state index contributed by atoms with van der Waals surface area (Å²) in [5, 5.41) is 2.56. The summed E-state index contributed by atoms with van der Waals surface area (Å²) < 4.78 is 27.3. The monoisotopic (exact) mass is 415 g/mol. The van der Waals surface area contributed by atoms with Gasteiger partial charge in [0, 0.05) is 12.2 Å². The van der Waals surface area contributed by atoms with E-state index in [0.29, 0.717) is 5.69 Å². The molecular weight excluding hydrogens is 397 g/mol. The Hall–Kier alpha value is -1.67. The second-order valence-corrected chi connectivity index (χ2v) is 8.43. The van der Waals surface area contributed by atoms with E-state index in [4.69, 9.17) is 23.2 Å². The van der Waals surface area contributed by atoms with Gasteiger partial charge in [0.25, 0.3) is 5.91 Å². The van der Waals surface area contributed by atoms with Gasteiger partial charge in [-0.2, -0.15) is 0 Å². The zero-order valence-corrected chi connectivity index (χ0v) is 16.8. The van der Waals surface area contributed by atoms with Crippen molar-refractivity contribution in [2.24, 2.45) is 0 Å². The van der Waals surface area contributed by atoms with E-state index in [1.54, 1.807) is 45.2 Å². The molecule has 0 aliphatic rings. The smallest absolute Gasteiger partial charge is 0.254 e. The molecule has 1 heterocycles. The maximum absolute atomic E-state index is 12.6. The number of hydrogen-bond donors (Lipinski definition) is 2. The Kier molecular flexibility index (Phi) is 6.63. The van der Waals surface area contributed by atoms with Crippen LogP contribution in [-0.4, -0.2) is 25.4 Å². The summed E-state index contributed by atoms with van der Waals surface area (Å²) in [5.74, 6) is -0.584. The van der Waals surface area contributed by atoms with E-state index in [0.717, 1.165) is 0 Å². The fourth-order valence-corrected chi connectivity index (χ4v) is 4.48. The molecule has 9 heteroatoms. The topological polar surface area (TPSA) is 88.2 Å². The molecule has 1 aromatic carbocycles. The molecule has 2 rings (SSSR count). The van der Waals surface area contributed by atoms with Crippen molar-refractivity contribution in [3.63, 3.8) is 0 Å². The molecule has 6 nitrogen and oxygen atoms in total. The number of rotatable bonds is 6. The average Bonchev–Trinajstić information content (AvgIpc) is 2.54. The molecule has 0 aliphatic heterocycles. The van der Waals surface area contributed by atoms with Gasteiger partial charge in [-0.25, -0.2) is 13.1 Å². The maximum atomic E-state index is 12.6. The molecule has 0 saturated heterocycles. The Labute approximate surface area is 163 Å². The lowest BCUT2D eigenvalue weighted by Gasteiger charge is -2.17. The third-order valence-corrected chi connectivity index (χ3v) is 5.96. The van der Waals surface area contributed by atoms with E-state index >= 15 is 0 Å². The van der Waals surface area contributed by atoms with Crippen molar-refractivity contribution in [1.29, 1.82) is 0 Å². The molecule has 0 fully saturated rings. The first-order chi connectivity index (χ1) is 12.1. The van der Waals surface area contributed by atoms with Crippen LogP contribution in [0.3, 0.4) is 0 Å². The van der Waals surface area contributed by atoms with Gasteiger partial charge in [0.2, 0.25) is 10.0 Å². The zero-order valence-electron chi connectivity index (χ0n) is 14.5. The molecule has 1 atom stereocenters. The van der Waals surface area contributed by atoms with E-state index < -0.39 is 22.0 Å². The Morgan fingerprint density at radius 3 is 2.38 bits per heavy atom. The highest BCUT2D eigenvalue weighted by Gasteiger charge is 2.26. The van der Waals surface area contributed by atoms with Crippen LogP contribution >= 0.6 is 23.2 Å². The molecule has 0 radical (unpaired) electrons. The number of carbonyl (C=O) groups is 1. The van der Waals surface area contributed by atoms with Crippen LogP contribution < -0.4 is 10.0 Å². The SMILES string of the molecule is CC(C)NS(=O)(=O)c1ccc(Cl)c(C(=O)N[C@@H](C)c2ccccn2)c1Cl. The molecule has 26 heavy (non-hydrogen) atoms. The van der Waals surface area contributed by atoms with Gasteiger partial charge in [-0.1, -0.05) is 29.3 Å². The van der Waals surface area contributed by atoms with E-state index in [1.807, 2.05) is 0 Å². The highest BCUT2D eigenvalue weighted by atomic mass is 35.5. The second-order valence-electron chi connectivity index (χ2n) is 5.96. The van der Waals surface area contributed by atoms with Gasteiger partial charge >= 0.3 is 0 Å². The van der Waals surface area contributed by atoms with Crippen molar-refractivity contribution in [3.8, 4) is 0 Å². The van der Waals surface area contributed by atoms with Crippen molar-refractivity contribution >= 4 is 39.1 Å². The Bertz CT molecular complexity index is 903. The molecule has 2 N–H and O–H groups in total. The maximum Gasteiger partial charge on any atom is 0.254 e. The third-order valence-electron chi connectivity index (χ3n) is 3.44. The van der Waals surface area contributed by atoms with Gasteiger partial charge in [-0.3, -0.25) is 9.78 Å². The van der Waals surface area contributed by atoms with Crippen LogP contribution in [0.2, 0.25) is 10.0 Å². The van der Waals surface area contributed by atoms with E-state index in [9.17, 15) is 13.2 Å². The lowest BCUT2D eigenvalue weighted by Crippen LogP contribution is -2.31. The molecule has 0 aliphatic carbocycles. The first kappa shape index (κ1) is 20.6. The van der Waals surface area contributed by atoms with Crippen LogP contribution in [0, 0.1) is 0 Å². The van der Waals surface area contributed by atoms with Crippen LogP contribution in [0.1, 0.15) is 42.9 Å². The first-order valence-electron chi connectivity index (χ1n) is 7.85. The molecule has 0 bridgehead atoms. The largest absolute Gasteiger partial charge is 0.344 e. The standard InChI is InChI=1S/C17H19Cl2N3O3S/c1-10(2)22-26(24,25)14-8-7-12(18)15(16(14)19)17(23)21-11(3)13-6-4-5-9-20-13/h4-11,22H,1-3H3,(H,21,23)/t11-/m0/s1. The summed E-state index contributed by atoms with van der Waals surface area (Å²) in [6, 6.07) is 7.20. The Balaban J connectivity index is 2.37. The van der Waals surface area contributed by atoms with Crippen molar-refractivity contribution in [2.75, 3.05) is 0 Å². The molecule has 0 unspecified atom stereocenters. The second kappa shape index (κ2) is 8.35. The number of amides is 1. The molecule has 1 aromatic heterocycles. The minimum absolute atomic E-state index is 0.0595. The van der Waals surface area contributed by atoms with Gasteiger partial charge in [0.05, 0.1) is 27.3 Å². The van der Waals surface area contributed by atoms with E-state index in [-0.39, 0.29) is 26.5 Å². The fourth-order valence-electron chi connectivity index (χ4n) is 2.30. The number of nitrogens with zero attached hydrogens (tertiary/aromatic N) is 1. The molecule has 0 saturated carbocycles. The molecule has 1 amide bonds. The number of pyridine rings is 1. The van der Waals surface area contributed by atoms with Crippen LogP contribution in [0.4, 0.5) is 0 Å². The summed E-state index contributed by atoms with van der Waals surface area (Å²) in [4.78, 5) is 16.6. The highest BCUT2D eigenvalue weighted by molar-refractivity contribution is 7.89. The number of halogens is 2. The van der Waals surface area contributed by atoms with Crippen LogP contribution in [0.25, 0.3) is 0 Å². The number of nitrogens with one attached hydrogen (secondary N) is 2. The summed E-state index contributed by atoms with van der Waals surface area (Å²) in [7, 11) is -3.88. The fraction of sp³-hybridized carbons (Fsp3) is 0.294. The van der Waals surface area contributed by atoms with Crippen molar-refractivity contribution < 1.29 is 13.2 Å². The lowest BCUT2D eigenvalue weighted by molar-refractivity contribution is 0.0939. The Morgan fingerprint density at radius 1 is 1.12 bits per heavy atom. The summed E-state index contributed by atoms with van der Waals surface area (Å²) >= 11 is 12.3. The lowest BCUT2D eigenvalue weighted by atomic mass is 10.1. The minimum atomic E-state index is -3.88. The molecule has 0 spiro atoms. The van der Waals surface area contributed by atoms with Gasteiger partial charge in [0.1, 0.15) is 4.90 Å². The Morgan fingerprint density at radius 2 is 1.81 bits per heavy atom. The quantitative estimate of drug-likeness (QED) is 0.754. The molecule has 140 valence electrons. The third kappa shape index (κ3) is 4.73. The normalized spacial score (nSPS) is 12.8. The van der Waals surface area contributed by atoms with Crippen molar-refractivity contribution in [1.82, 2.24) is 15.0 Å². The number of benzene rings is 1. The number of aromatic nitrogens is 1. The van der Waals surface area contributed by atoms with E-state index in [2.05, 4.69) is 15.0 Å². The van der Waals surface area contributed by atoms with E-state index in [1.165, 1.54) is 12.1 Å². The van der Waals surface area contributed by atoms with Gasteiger partial charge < -0.3 is 5.32 Å². The average molecular weight is 416 g/mol. The summed E-state index contributed by atoms with van der Waals surface area (Å²) in [5.41, 5.74) is 0.557. The predicted octanol–water partition coefficient (Wildman–Crippen LogP) is 3.57. The number of sulfonamides is 1. The first-order valence-corrected chi connectivity index (χ1v) is 10.1. The van der Waals surface area contributed by atoms with Gasteiger partial charge in [-0.05, 0) is 45.0 Å². The zero-order chi connectivity index (χ0) is 19.5. The van der Waals surface area contributed by atoms with Crippen molar-refractivity contribution in [2.45, 2.75) is 37.8 Å². The minimum Gasteiger partial charge on any atom is -0.344 e. The molecule has 2 aromatic rings. The van der Waals surface area contributed by atoms with Crippen LogP contribution in [-0.2, 0) is 10.0 Å². The van der Waals surface area contributed by atoms with Crippen LogP contribution in [0.5, 0.6) is 0 Å². The van der Waals surface area contributed by atoms with Crippen molar-refractivity contribution in [3.05, 3.63) is 57.8 Å². The molecular formula is C17H19Cl2N3O3S. The summed E-state index contributed by atoms with van der Waals surface area (Å²) in [6.07, 6.45) is 1.61. The van der Waals surface area contributed by atoms with Crippen LogP contribution in [0.15, 0.2) is 41.4 Å². The number of hydrogen-bond acceptors (Lipinski definition) is 4.